The summed E-state index contributed by atoms with van der Waals surface area (Å²) < 4.78 is 3.25. The molecule has 4 aromatic rings. The molecule has 8 heteroatoms. The third kappa shape index (κ3) is 4.15. The molecule has 0 aliphatic carbocycles. The van der Waals surface area contributed by atoms with Gasteiger partial charge in [-0.05, 0) is 57.2 Å². The maximum Gasteiger partial charge on any atom is 0.295 e. The Kier molecular flexibility index (Phi) is 5.59. The molecule has 0 bridgehead atoms. The molecule has 0 atom stereocenters. The standard InChI is InChI=1S/C24H24N6O2/c1-15-13-16(2)26-24(25-15)27-19-10-8-9-18(14-19)22(31)28-21-17(3)29(4)30(23(21)32)20-11-6-5-7-12-20/h5-14H,1-4H3,(H,28,31)(H,25,26,27). The molecule has 4 rings (SSSR count). The van der Waals surface area contributed by atoms with Crippen LogP contribution >= 0.6 is 0 Å². The van der Waals surface area contributed by atoms with E-state index >= 15 is 0 Å². The largest absolute Gasteiger partial charge is 0.324 e. The number of anilines is 3. The lowest BCUT2D eigenvalue weighted by atomic mass is 10.2. The molecule has 8 nitrogen and oxygen atoms in total. The minimum absolute atomic E-state index is 0.248. The van der Waals surface area contributed by atoms with E-state index in [0.717, 1.165) is 17.1 Å². The van der Waals surface area contributed by atoms with Crippen LogP contribution in [-0.2, 0) is 7.05 Å². The maximum atomic E-state index is 13.0. The van der Waals surface area contributed by atoms with E-state index in [9.17, 15) is 9.59 Å². The monoisotopic (exact) mass is 428 g/mol. The SMILES string of the molecule is Cc1cc(C)nc(Nc2cccc(C(=O)Nc3c(C)n(C)n(-c4ccccc4)c3=O)c2)n1. The highest BCUT2D eigenvalue weighted by Crippen LogP contribution is 2.18. The van der Waals surface area contributed by atoms with E-state index in [4.69, 9.17) is 0 Å². The van der Waals surface area contributed by atoms with E-state index < -0.39 is 0 Å². The second-order valence-corrected chi connectivity index (χ2v) is 7.57. The van der Waals surface area contributed by atoms with Gasteiger partial charge in [0.15, 0.2) is 0 Å². The number of carbonyl (C=O) groups is 1. The number of aromatic nitrogens is 4. The van der Waals surface area contributed by atoms with Crippen LogP contribution in [0.25, 0.3) is 5.69 Å². The molecule has 0 spiro atoms. The summed E-state index contributed by atoms with van der Waals surface area (Å²) in [5.41, 5.74) is 4.13. The Balaban J connectivity index is 1.60. The van der Waals surface area contributed by atoms with Gasteiger partial charge < -0.3 is 10.6 Å². The van der Waals surface area contributed by atoms with E-state index in [1.807, 2.05) is 56.3 Å². The summed E-state index contributed by atoms with van der Waals surface area (Å²) in [6.45, 7) is 5.59. The zero-order valence-corrected chi connectivity index (χ0v) is 18.4. The molecule has 0 aliphatic rings. The van der Waals surface area contributed by atoms with Gasteiger partial charge in [0.2, 0.25) is 5.95 Å². The van der Waals surface area contributed by atoms with Crippen molar-refractivity contribution in [3.8, 4) is 5.69 Å². The van der Waals surface area contributed by atoms with E-state index in [0.29, 0.717) is 22.9 Å². The molecule has 2 N–H and O–H groups in total. The lowest BCUT2D eigenvalue weighted by molar-refractivity contribution is 0.102. The quantitative estimate of drug-likeness (QED) is 0.503. The van der Waals surface area contributed by atoms with E-state index in [1.165, 1.54) is 4.68 Å². The summed E-state index contributed by atoms with van der Waals surface area (Å²) in [6, 6.07) is 18.2. The topological polar surface area (TPSA) is 93.8 Å². The second-order valence-electron chi connectivity index (χ2n) is 7.57. The summed E-state index contributed by atoms with van der Waals surface area (Å²) in [6.07, 6.45) is 0. The zero-order chi connectivity index (χ0) is 22.8. The third-order valence-electron chi connectivity index (χ3n) is 5.16. The van der Waals surface area contributed by atoms with Crippen molar-refractivity contribution in [2.75, 3.05) is 10.6 Å². The van der Waals surface area contributed by atoms with Crippen LogP contribution in [0.4, 0.5) is 17.3 Å². The van der Waals surface area contributed by atoms with Crippen molar-refractivity contribution in [1.82, 2.24) is 19.3 Å². The first kappa shape index (κ1) is 21.0. The molecule has 2 aromatic heterocycles. The van der Waals surface area contributed by atoms with E-state index in [-0.39, 0.29) is 17.2 Å². The Morgan fingerprint density at radius 1 is 0.906 bits per heavy atom. The molecule has 2 heterocycles. The lowest BCUT2D eigenvalue weighted by Gasteiger charge is -2.09. The summed E-state index contributed by atoms with van der Waals surface area (Å²) in [5.74, 6) is 0.0886. The molecule has 0 saturated carbocycles. The second kappa shape index (κ2) is 8.50. The molecule has 0 radical (unpaired) electrons. The molecule has 2 aromatic carbocycles. The van der Waals surface area contributed by atoms with Crippen LogP contribution < -0.4 is 16.2 Å². The Hall–Kier alpha value is -4.20. The fourth-order valence-corrected chi connectivity index (χ4v) is 3.55. The number of benzene rings is 2. The van der Waals surface area contributed by atoms with Crippen LogP contribution in [0.2, 0.25) is 0 Å². The van der Waals surface area contributed by atoms with Gasteiger partial charge in [-0.3, -0.25) is 14.3 Å². The zero-order valence-electron chi connectivity index (χ0n) is 18.4. The van der Waals surface area contributed by atoms with Gasteiger partial charge >= 0.3 is 0 Å². The van der Waals surface area contributed by atoms with Crippen molar-refractivity contribution < 1.29 is 4.79 Å². The molecule has 0 aliphatic heterocycles. The van der Waals surface area contributed by atoms with Gasteiger partial charge in [-0.25, -0.2) is 14.6 Å². The Labute approximate surface area is 185 Å². The Morgan fingerprint density at radius 2 is 1.59 bits per heavy atom. The fourth-order valence-electron chi connectivity index (χ4n) is 3.55. The van der Waals surface area contributed by atoms with E-state index in [1.54, 1.807) is 36.9 Å². The van der Waals surface area contributed by atoms with Crippen molar-refractivity contribution in [1.29, 1.82) is 0 Å². The minimum Gasteiger partial charge on any atom is -0.324 e. The van der Waals surface area contributed by atoms with Gasteiger partial charge in [-0.1, -0.05) is 24.3 Å². The number of rotatable bonds is 5. The van der Waals surface area contributed by atoms with Gasteiger partial charge in [0.25, 0.3) is 11.5 Å². The van der Waals surface area contributed by atoms with Gasteiger partial charge in [0.1, 0.15) is 5.69 Å². The van der Waals surface area contributed by atoms with Crippen molar-refractivity contribution >= 4 is 23.2 Å². The number of nitrogens with one attached hydrogen (secondary N) is 2. The number of hydrogen-bond acceptors (Lipinski definition) is 5. The van der Waals surface area contributed by atoms with Gasteiger partial charge in [0.05, 0.1) is 11.4 Å². The van der Waals surface area contributed by atoms with Crippen LogP contribution in [0.3, 0.4) is 0 Å². The number of para-hydroxylation sites is 1. The smallest absolute Gasteiger partial charge is 0.295 e. The number of carbonyl (C=O) groups excluding carboxylic acids is 1. The van der Waals surface area contributed by atoms with Crippen molar-refractivity contribution in [3.05, 3.63) is 93.7 Å². The molecule has 32 heavy (non-hydrogen) atoms. The van der Waals surface area contributed by atoms with Gasteiger partial charge in [0, 0.05) is 29.7 Å². The summed E-state index contributed by atoms with van der Waals surface area (Å²) >= 11 is 0. The minimum atomic E-state index is -0.374. The van der Waals surface area contributed by atoms with Crippen LogP contribution in [0.5, 0.6) is 0 Å². The molecule has 0 unspecified atom stereocenters. The molecular weight excluding hydrogens is 404 g/mol. The fraction of sp³-hybridized carbons (Fsp3) is 0.167. The summed E-state index contributed by atoms with van der Waals surface area (Å²) in [5, 5.41) is 5.91. The van der Waals surface area contributed by atoms with Crippen LogP contribution in [0.1, 0.15) is 27.4 Å². The van der Waals surface area contributed by atoms with Crippen LogP contribution in [0, 0.1) is 20.8 Å². The molecule has 0 fully saturated rings. The maximum absolute atomic E-state index is 13.0. The van der Waals surface area contributed by atoms with Crippen molar-refractivity contribution in [2.24, 2.45) is 7.05 Å². The first-order valence-corrected chi connectivity index (χ1v) is 10.2. The predicted molar refractivity (Wildman–Crippen MR) is 125 cm³/mol. The molecule has 1 amide bonds. The van der Waals surface area contributed by atoms with Crippen molar-refractivity contribution in [2.45, 2.75) is 20.8 Å². The first-order valence-electron chi connectivity index (χ1n) is 10.2. The Morgan fingerprint density at radius 3 is 2.28 bits per heavy atom. The normalized spacial score (nSPS) is 10.8. The highest BCUT2D eigenvalue weighted by Gasteiger charge is 2.19. The van der Waals surface area contributed by atoms with Crippen LogP contribution in [0.15, 0.2) is 65.5 Å². The number of nitrogens with zero attached hydrogens (tertiary/aromatic N) is 4. The summed E-state index contributed by atoms with van der Waals surface area (Å²) in [7, 11) is 1.79. The van der Waals surface area contributed by atoms with Crippen molar-refractivity contribution in [3.63, 3.8) is 0 Å². The average molecular weight is 428 g/mol. The third-order valence-corrected chi connectivity index (χ3v) is 5.16. The molecule has 0 saturated heterocycles. The predicted octanol–water partition coefficient (Wildman–Crippen LogP) is 3.89. The summed E-state index contributed by atoms with van der Waals surface area (Å²) in [4.78, 5) is 34.7. The van der Waals surface area contributed by atoms with Crippen LogP contribution in [-0.4, -0.2) is 25.2 Å². The Bertz CT molecular complexity index is 1330. The molecular formula is C24H24N6O2. The van der Waals surface area contributed by atoms with Gasteiger partial charge in [-0.2, -0.15) is 0 Å². The number of aryl methyl sites for hydroxylation is 2. The number of hydrogen-bond donors (Lipinski definition) is 2. The average Bonchev–Trinajstić information content (AvgIpc) is 2.97. The first-order chi connectivity index (χ1) is 15.3. The number of amides is 1. The molecule has 162 valence electrons. The highest BCUT2D eigenvalue weighted by atomic mass is 16.2. The highest BCUT2D eigenvalue weighted by molar-refractivity contribution is 6.05. The van der Waals surface area contributed by atoms with Gasteiger partial charge in [-0.15, -0.1) is 0 Å². The van der Waals surface area contributed by atoms with E-state index in [2.05, 4.69) is 20.6 Å². The lowest BCUT2D eigenvalue weighted by Crippen LogP contribution is -2.23.